The Bertz CT molecular complexity index is 731. The monoisotopic (exact) mass is 362 g/mol. The van der Waals surface area contributed by atoms with Gasteiger partial charge in [-0.05, 0) is 35.9 Å². The fourth-order valence-electron chi connectivity index (χ4n) is 2.12. The number of hydrogen-bond donors (Lipinski definition) is 1. The molecule has 1 unspecified atom stereocenters. The molecule has 4 nitrogen and oxygen atoms in total. The maximum Gasteiger partial charge on any atom is 0.268 e. The second kappa shape index (κ2) is 6.27. The maximum absolute atomic E-state index is 12.9. The van der Waals surface area contributed by atoms with Gasteiger partial charge in [-0.2, -0.15) is 0 Å². The lowest BCUT2D eigenvalue weighted by atomic mass is 10.0. The van der Waals surface area contributed by atoms with Gasteiger partial charge in [0.15, 0.2) is 0 Å². The summed E-state index contributed by atoms with van der Waals surface area (Å²) in [7, 11) is 0. The van der Waals surface area contributed by atoms with Crippen molar-refractivity contribution in [3.63, 3.8) is 0 Å². The number of anilines is 1. The highest BCUT2D eigenvalue weighted by Crippen LogP contribution is 2.20. The summed E-state index contributed by atoms with van der Waals surface area (Å²) in [5.41, 5.74) is 2.06. The smallest absolute Gasteiger partial charge is 0.268 e. The van der Waals surface area contributed by atoms with Crippen LogP contribution in [0.15, 0.2) is 58.2 Å². The summed E-state index contributed by atoms with van der Waals surface area (Å²) in [6.07, 6.45) is -0.329. The molecule has 0 radical (unpaired) electrons. The zero-order valence-electron chi connectivity index (χ0n) is 11.4. The molecule has 2 aromatic rings. The van der Waals surface area contributed by atoms with E-state index in [-0.39, 0.29) is 11.7 Å². The van der Waals surface area contributed by atoms with Crippen molar-refractivity contribution in [3.8, 4) is 0 Å². The van der Waals surface area contributed by atoms with E-state index in [4.69, 9.17) is 4.84 Å². The molecule has 6 heteroatoms. The predicted molar refractivity (Wildman–Crippen MR) is 85.2 cm³/mol. The van der Waals surface area contributed by atoms with Crippen LogP contribution >= 0.6 is 15.9 Å². The molecule has 1 aliphatic heterocycles. The Balaban J connectivity index is 1.64. The number of nitrogens with one attached hydrogen (secondary N) is 1. The van der Waals surface area contributed by atoms with Crippen LogP contribution in [0.3, 0.4) is 0 Å². The van der Waals surface area contributed by atoms with E-state index in [1.165, 1.54) is 12.1 Å². The fraction of sp³-hybridized carbons (Fsp3) is 0.125. The molecule has 1 N–H and O–H groups in total. The first-order chi connectivity index (χ1) is 10.6. The Morgan fingerprint density at radius 1 is 1.27 bits per heavy atom. The lowest BCUT2D eigenvalue weighted by molar-refractivity contribution is -0.125. The lowest BCUT2D eigenvalue weighted by Crippen LogP contribution is -2.28. The van der Waals surface area contributed by atoms with Gasteiger partial charge in [0, 0.05) is 16.6 Å². The highest BCUT2D eigenvalue weighted by molar-refractivity contribution is 9.10. The molecule has 0 aromatic heterocycles. The molecule has 0 spiro atoms. The Morgan fingerprint density at radius 2 is 2.05 bits per heavy atom. The van der Waals surface area contributed by atoms with Gasteiger partial charge in [-0.3, -0.25) is 4.79 Å². The number of hydrogen-bond acceptors (Lipinski definition) is 3. The molecule has 0 fully saturated rings. The summed E-state index contributed by atoms with van der Waals surface area (Å²) in [5.74, 6) is -0.578. The van der Waals surface area contributed by atoms with Gasteiger partial charge in [0.05, 0.1) is 5.71 Å². The number of carbonyl (C=O) groups is 1. The summed E-state index contributed by atoms with van der Waals surface area (Å²) in [5, 5.41) is 6.70. The summed E-state index contributed by atoms with van der Waals surface area (Å²) >= 11 is 3.35. The zero-order valence-corrected chi connectivity index (χ0v) is 13.0. The SMILES string of the molecule is O=C(Nc1cccc(Br)c1)C1CC(c2ccc(F)cc2)=NO1. The first-order valence-electron chi connectivity index (χ1n) is 6.67. The van der Waals surface area contributed by atoms with Crippen molar-refractivity contribution < 1.29 is 14.0 Å². The van der Waals surface area contributed by atoms with Gasteiger partial charge in [0.25, 0.3) is 5.91 Å². The molecular formula is C16H12BrFN2O2. The quantitative estimate of drug-likeness (QED) is 0.904. The molecule has 3 rings (SSSR count). The molecule has 2 aromatic carbocycles. The molecule has 1 heterocycles. The van der Waals surface area contributed by atoms with E-state index in [0.717, 1.165) is 10.0 Å². The van der Waals surface area contributed by atoms with Crippen LogP contribution in [-0.2, 0) is 9.63 Å². The number of rotatable bonds is 3. The Morgan fingerprint density at radius 3 is 2.77 bits per heavy atom. The topological polar surface area (TPSA) is 50.7 Å². The second-order valence-electron chi connectivity index (χ2n) is 4.84. The van der Waals surface area contributed by atoms with Crippen LogP contribution in [0.1, 0.15) is 12.0 Å². The highest BCUT2D eigenvalue weighted by Gasteiger charge is 2.28. The molecular weight excluding hydrogens is 351 g/mol. The van der Waals surface area contributed by atoms with Crippen LogP contribution in [0.2, 0.25) is 0 Å². The molecule has 112 valence electrons. The average molecular weight is 363 g/mol. The first kappa shape index (κ1) is 14.7. The van der Waals surface area contributed by atoms with Gasteiger partial charge in [0.2, 0.25) is 6.10 Å². The van der Waals surface area contributed by atoms with Gasteiger partial charge in [-0.25, -0.2) is 4.39 Å². The Hall–Kier alpha value is -2.21. The molecule has 0 saturated carbocycles. The van der Waals surface area contributed by atoms with E-state index in [1.54, 1.807) is 24.3 Å². The molecule has 0 saturated heterocycles. The van der Waals surface area contributed by atoms with Crippen LogP contribution in [0.5, 0.6) is 0 Å². The normalized spacial score (nSPS) is 16.8. The summed E-state index contributed by atoms with van der Waals surface area (Å²) in [6.45, 7) is 0. The van der Waals surface area contributed by atoms with Crippen molar-refractivity contribution in [2.75, 3.05) is 5.32 Å². The van der Waals surface area contributed by atoms with E-state index in [9.17, 15) is 9.18 Å². The number of carbonyl (C=O) groups excluding carboxylic acids is 1. The van der Waals surface area contributed by atoms with Gasteiger partial charge in [0.1, 0.15) is 5.82 Å². The third-order valence-electron chi connectivity index (χ3n) is 3.23. The number of benzene rings is 2. The number of nitrogens with zero attached hydrogens (tertiary/aromatic N) is 1. The fourth-order valence-corrected chi connectivity index (χ4v) is 2.52. The van der Waals surface area contributed by atoms with Crippen molar-refractivity contribution in [2.45, 2.75) is 12.5 Å². The minimum Gasteiger partial charge on any atom is -0.382 e. The maximum atomic E-state index is 12.9. The number of halogens is 2. The summed E-state index contributed by atoms with van der Waals surface area (Å²) in [6, 6.07) is 13.2. The van der Waals surface area contributed by atoms with Crippen LogP contribution in [0, 0.1) is 5.82 Å². The van der Waals surface area contributed by atoms with Gasteiger partial charge in [-0.1, -0.05) is 39.3 Å². The van der Waals surface area contributed by atoms with Crippen LogP contribution < -0.4 is 5.32 Å². The van der Waals surface area contributed by atoms with E-state index in [0.29, 0.717) is 17.8 Å². The highest BCUT2D eigenvalue weighted by atomic mass is 79.9. The van der Waals surface area contributed by atoms with Crippen molar-refractivity contribution in [2.24, 2.45) is 5.16 Å². The van der Waals surface area contributed by atoms with Gasteiger partial charge >= 0.3 is 0 Å². The minimum atomic E-state index is -0.681. The lowest BCUT2D eigenvalue weighted by Gasteiger charge is -2.09. The Labute approximate surface area is 135 Å². The third kappa shape index (κ3) is 3.33. The number of oxime groups is 1. The van der Waals surface area contributed by atoms with E-state index < -0.39 is 6.10 Å². The van der Waals surface area contributed by atoms with Crippen molar-refractivity contribution in [1.82, 2.24) is 0 Å². The average Bonchev–Trinajstić information content (AvgIpc) is 2.98. The Kier molecular flexibility index (Phi) is 4.20. The summed E-state index contributed by atoms with van der Waals surface area (Å²) in [4.78, 5) is 17.4. The molecule has 22 heavy (non-hydrogen) atoms. The van der Waals surface area contributed by atoms with Crippen molar-refractivity contribution >= 4 is 33.2 Å². The van der Waals surface area contributed by atoms with Gasteiger partial charge < -0.3 is 10.2 Å². The van der Waals surface area contributed by atoms with Crippen LogP contribution in [-0.4, -0.2) is 17.7 Å². The zero-order chi connectivity index (χ0) is 15.5. The van der Waals surface area contributed by atoms with Gasteiger partial charge in [-0.15, -0.1) is 0 Å². The minimum absolute atomic E-state index is 0.265. The molecule has 1 amide bonds. The molecule has 1 atom stereocenters. The molecule has 1 aliphatic rings. The van der Waals surface area contributed by atoms with E-state index >= 15 is 0 Å². The first-order valence-corrected chi connectivity index (χ1v) is 7.46. The van der Waals surface area contributed by atoms with Crippen LogP contribution in [0.4, 0.5) is 10.1 Å². The largest absolute Gasteiger partial charge is 0.382 e. The second-order valence-corrected chi connectivity index (χ2v) is 5.76. The molecule has 0 aliphatic carbocycles. The van der Waals surface area contributed by atoms with E-state index in [2.05, 4.69) is 26.4 Å². The van der Waals surface area contributed by atoms with Crippen molar-refractivity contribution in [1.29, 1.82) is 0 Å². The molecule has 0 bridgehead atoms. The van der Waals surface area contributed by atoms with Crippen LogP contribution in [0.25, 0.3) is 0 Å². The summed E-state index contributed by atoms with van der Waals surface area (Å²) < 4.78 is 13.8. The van der Waals surface area contributed by atoms with Crippen molar-refractivity contribution in [3.05, 3.63) is 64.4 Å². The van der Waals surface area contributed by atoms with E-state index in [1.807, 2.05) is 12.1 Å². The predicted octanol–water partition coefficient (Wildman–Crippen LogP) is 3.72. The standard InChI is InChI=1S/C16H12BrFN2O2/c17-11-2-1-3-13(8-11)19-16(21)15-9-14(20-22-15)10-4-6-12(18)7-5-10/h1-8,15H,9H2,(H,19,21). The third-order valence-corrected chi connectivity index (χ3v) is 3.72. The number of amides is 1.